The zero-order valence-corrected chi connectivity index (χ0v) is 32.0. The molecule has 3 heterocycles. The smallest absolute Gasteiger partial charge is 0.336 e. The van der Waals surface area contributed by atoms with Crippen molar-refractivity contribution in [2.45, 2.75) is 45.4 Å². The minimum atomic E-state index is -1.02. The highest BCUT2D eigenvalue weighted by Gasteiger charge is 2.39. The first kappa shape index (κ1) is 41.0. The van der Waals surface area contributed by atoms with Gasteiger partial charge in [0.1, 0.15) is 24.8 Å². The molecule has 57 heavy (non-hydrogen) atoms. The Kier molecular flexibility index (Phi) is 13.4. The third kappa shape index (κ3) is 10.0. The van der Waals surface area contributed by atoms with Gasteiger partial charge in [-0.1, -0.05) is 12.1 Å². The Labute approximate surface area is 329 Å². The predicted octanol–water partition coefficient (Wildman–Crippen LogP) is 6.38. The molecule has 3 aliphatic rings. The maximum Gasteiger partial charge on any atom is 0.336 e. The Bertz CT molecular complexity index is 1930. The first-order valence-corrected chi connectivity index (χ1v) is 19.2. The fraction of sp³-hybridized carbons (Fsp3) is 0.395. The summed E-state index contributed by atoms with van der Waals surface area (Å²) in [6, 6.07) is 16.9. The van der Waals surface area contributed by atoms with Crippen LogP contribution in [0.1, 0.15) is 71.7 Å². The summed E-state index contributed by atoms with van der Waals surface area (Å²) in [7, 11) is 0. The maximum absolute atomic E-state index is 13.9. The number of nitrogens with one attached hydrogen (secondary N) is 1. The number of halogens is 2. The summed E-state index contributed by atoms with van der Waals surface area (Å²) in [6.07, 6.45) is 2.44. The van der Waals surface area contributed by atoms with Crippen LogP contribution in [0.3, 0.4) is 0 Å². The van der Waals surface area contributed by atoms with E-state index < -0.39 is 34.4 Å². The van der Waals surface area contributed by atoms with E-state index in [-0.39, 0.29) is 53.4 Å². The minimum Gasteiger partial charge on any atom is -0.461 e. The number of allylic oxidation sites excluding steroid dienone is 2. The monoisotopic (exact) mass is 784 g/mol. The van der Waals surface area contributed by atoms with E-state index in [2.05, 4.69) is 15.1 Å². The van der Waals surface area contributed by atoms with Gasteiger partial charge in [0.25, 0.3) is 5.69 Å². The Morgan fingerprint density at radius 3 is 1.53 bits per heavy atom. The van der Waals surface area contributed by atoms with Crippen LogP contribution in [0.2, 0.25) is 0 Å². The molecule has 0 amide bonds. The van der Waals surface area contributed by atoms with Crippen LogP contribution in [0, 0.1) is 33.6 Å². The summed E-state index contributed by atoms with van der Waals surface area (Å²) in [4.78, 5) is 69.0. The summed E-state index contributed by atoms with van der Waals surface area (Å²) < 4.78 is 38.2. The molecule has 3 aliphatic heterocycles. The van der Waals surface area contributed by atoms with Gasteiger partial charge >= 0.3 is 11.9 Å². The molecule has 0 spiro atoms. The van der Waals surface area contributed by atoms with Crippen LogP contribution in [-0.4, -0.2) is 90.7 Å². The number of benzene rings is 3. The molecule has 14 heteroatoms. The lowest BCUT2D eigenvalue weighted by Gasteiger charge is -2.32. The molecule has 0 aliphatic carbocycles. The molecule has 0 atom stereocenters. The van der Waals surface area contributed by atoms with Gasteiger partial charge in [-0.3, -0.25) is 29.5 Å². The van der Waals surface area contributed by atoms with Crippen LogP contribution in [0.25, 0.3) is 0 Å². The van der Waals surface area contributed by atoms with Crippen molar-refractivity contribution >= 4 is 29.2 Å². The third-order valence-electron chi connectivity index (χ3n) is 11.1. The topological polar surface area (TPSA) is 148 Å². The lowest BCUT2D eigenvalue weighted by Crippen LogP contribution is -2.39. The molecule has 2 fully saturated rings. The molecule has 6 rings (SSSR count). The summed E-state index contributed by atoms with van der Waals surface area (Å²) >= 11 is 0. The van der Waals surface area contributed by atoms with Crippen LogP contribution in [0.15, 0.2) is 95.3 Å². The number of ether oxygens (including phenoxy) is 2. The average Bonchev–Trinajstić information content (AvgIpc) is 3.21. The molecule has 0 radical (unpaired) electrons. The lowest BCUT2D eigenvalue weighted by atomic mass is 9.80. The zero-order chi connectivity index (χ0) is 40.6. The molecule has 3 aromatic rings. The van der Waals surface area contributed by atoms with Crippen LogP contribution >= 0.6 is 0 Å². The Balaban J connectivity index is 1.06. The van der Waals surface area contributed by atoms with Crippen molar-refractivity contribution in [1.29, 1.82) is 0 Å². The third-order valence-corrected chi connectivity index (χ3v) is 11.1. The highest BCUT2D eigenvalue weighted by molar-refractivity contribution is 6.00. The number of nitrogens with zero attached hydrogens (tertiary/aromatic N) is 3. The van der Waals surface area contributed by atoms with E-state index >= 15 is 0 Å². The highest BCUT2D eigenvalue weighted by Crippen LogP contribution is 2.40. The quantitative estimate of drug-likeness (QED) is 0.0840. The van der Waals surface area contributed by atoms with Gasteiger partial charge in [0.15, 0.2) is 11.6 Å². The Morgan fingerprint density at radius 1 is 0.702 bits per heavy atom. The van der Waals surface area contributed by atoms with Crippen LogP contribution in [0.5, 0.6) is 0 Å². The summed E-state index contributed by atoms with van der Waals surface area (Å²) in [6.45, 7) is 6.68. The number of dihydropyridines is 1. The molecule has 1 N–H and O–H groups in total. The molecule has 0 saturated carbocycles. The summed E-state index contributed by atoms with van der Waals surface area (Å²) in [5, 5.41) is 14.9. The second kappa shape index (κ2) is 18.6. The van der Waals surface area contributed by atoms with Gasteiger partial charge in [-0.15, -0.1) is 0 Å². The average molecular weight is 785 g/mol. The minimum absolute atomic E-state index is 0.0181. The van der Waals surface area contributed by atoms with E-state index in [1.807, 2.05) is 0 Å². The van der Waals surface area contributed by atoms with Crippen LogP contribution < -0.4 is 5.32 Å². The fourth-order valence-corrected chi connectivity index (χ4v) is 7.91. The number of esters is 2. The van der Waals surface area contributed by atoms with Crippen molar-refractivity contribution in [2.75, 3.05) is 52.5 Å². The molecular weight excluding hydrogens is 738 g/mol. The fourth-order valence-electron chi connectivity index (χ4n) is 7.91. The van der Waals surface area contributed by atoms with Crippen molar-refractivity contribution in [1.82, 2.24) is 15.1 Å². The summed E-state index contributed by atoms with van der Waals surface area (Å²) in [5.74, 6) is -3.59. The van der Waals surface area contributed by atoms with E-state index in [1.165, 1.54) is 66.7 Å². The number of nitro groups is 1. The number of carbonyl (C=O) groups is 4. The Hall–Kier alpha value is -5.60. The van der Waals surface area contributed by atoms with E-state index in [9.17, 15) is 38.1 Å². The number of non-ortho nitro benzene ring substituents is 1. The maximum atomic E-state index is 13.9. The first-order valence-electron chi connectivity index (χ1n) is 19.2. The lowest BCUT2D eigenvalue weighted by molar-refractivity contribution is -0.384. The van der Waals surface area contributed by atoms with Crippen LogP contribution in [0.4, 0.5) is 14.5 Å². The van der Waals surface area contributed by atoms with Crippen molar-refractivity contribution in [2.24, 2.45) is 11.8 Å². The van der Waals surface area contributed by atoms with Crippen molar-refractivity contribution in [3.63, 3.8) is 0 Å². The van der Waals surface area contributed by atoms with Crippen molar-refractivity contribution in [3.8, 4) is 0 Å². The Morgan fingerprint density at radius 2 is 1.12 bits per heavy atom. The van der Waals surface area contributed by atoms with Gasteiger partial charge in [0, 0.05) is 59.6 Å². The number of rotatable bonds is 14. The molecule has 12 nitrogen and oxygen atoms in total. The van der Waals surface area contributed by atoms with Gasteiger partial charge in [-0.2, -0.15) is 0 Å². The number of likely N-dealkylation sites (tertiary alicyclic amines) is 2. The van der Waals surface area contributed by atoms with Crippen LogP contribution in [-0.2, 0) is 19.1 Å². The molecule has 3 aromatic carbocycles. The molecule has 0 aromatic heterocycles. The molecule has 0 bridgehead atoms. The van der Waals surface area contributed by atoms with E-state index in [4.69, 9.17) is 9.47 Å². The van der Waals surface area contributed by atoms with E-state index in [0.717, 1.165) is 0 Å². The molecule has 0 unspecified atom stereocenters. The second-order valence-corrected chi connectivity index (χ2v) is 14.7. The number of hydrogen-bond donors (Lipinski definition) is 1. The van der Waals surface area contributed by atoms with Crippen molar-refractivity contribution < 1.29 is 42.4 Å². The number of hydrogen-bond acceptors (Lipinski definition) is 11. The van der Waals surface area contributed by atoms with Gasteiger partial charge in [0.05, 0.1) is 22.0 Å². The molecular formula is C43H46F2N4O8. The molecule has 2 saturated heterocycles. The first-order chi connectivity index (χ1) is 27.4. The van der Waals surface area contributed by atoms with Gasteiger partial charge < -0.3 is 14.8 Å². The van der Waals surface area contributed by atoms with E-state index in [1.54, 1.807) is 19.9 Å². The van der Waals surface area contributed by atoms with Gasteiger partial charge in [-0.25, -0.2) is 18.4 Å². The normalized spacial score (nSPS) is 17.6. The number of Topliss-reactive ketones (excluding diaryl/α,β-unsaturated/α-hetero) is 2. The number of ketones is 2. The largest absolute Gasteiger partial charge is 0.461 e. The van der Waals surface area contributed by atoms with Gasteiger partial charge in [0.2, 0.25) is 0 Å². The zero-order valence-electron chi connectivity index (χ0n) is 32.0. The summed E-state index contributed by atoms with van der Waals surface area (Å²) in [5.41, 5.74) is 2.23. The van der Waals surface area contributed by atoms with E-state index in [0.29, 0.717) is 93.0 Å². The predicted molar refractivity (Wildman–Crippen MR) is 206 cm³/mol. The SMILES string of the molecule is CC1=C(C(=O)OCCN2CCC(C(=O)c3ccc(F)cc3)CC2)C(c2cccc([N+](=O)[O-])c2)C(C(=O)OCCN2CCC(C(=O)c3ccc(F)cc3)CC2)=C(C)N1. The number of nitro benzene ring substituents is 1. The van der Waals surface area contributed by atoms with Gasteiger partial charge in [-0.05, 0) is 120 Å². The van der Waals surface area contributed by atoms with Crippen molar-refractivity contribution in [3.05, 3.63) is 134 Å². The number of carbonyl (C=O) groups excluding carboxylic acids is 4. The number of piperidine rings is 2. The molecule has 300 valence electrons. The standard InChI is InChI=1S/C43H46F2N4O8/c1-27-37(42(52)56-24-22-47-18-14-31(15-19-47)40(50)29-6-10-34(44)11-7-29)39(33-4-3-5-36(26-33)49(54)55)38(28(2)46-27)43(53)57-25-23-48-20-16-32(17-21-48)41(51)30-8-12-35(45)13-9-30/h3-13,26,31-32,39,46H,14-25H2,1-2H3. The second-order valence-electron chi connectivity index (χ2n) is 14.7. The highest BCUT2D eigenvalue weighted by atomic mass is 19.1.